The van der Waals surface area contributed by atoms with Gasteiger partial charge < -0.3 is 14.8 Å². The third-order valence-electron chi connectivity index (χ3n) is 5.95. The second kappa shape index (κ2) is 10.9. The summed E-state index contributed by atoms with van der Waals surface area (Å²) in [5.74, 6) is 1.11. The van der Waals surface area contributed by atoms with E-state index in [-0.39, 0.29) is 24.8 Å². The van der Waals surface area contributed by atoms with E-state index >= 15 is 0 Å². The highest BCUT2D eigenvalue weighted by atomic mass is 16.5. The number of benzene rings is 3. The van der Waals surface area contributed by atoms with Crippen LogP contribution < -0.4 is 14.8 Å². The minimum atomic E-state index is -0.353. The van der Waals surface area contributed by atoms with Crippen molar-refractivity contribution in [2.45, 2.75) is 6.92 Å². The van der Waals surface area contributed by atoms with Crippen LogP contribution in [0.5, 0.6) is 11.6 Å². The van der Waals surface area contributed by atoms with E-state index < -0.39 is 0 Å². The van der Waals surface area contributed by atoms with Crippen molar-refractivity contribution in [2.75, 3.05) is 20.3 Å². The summed E-state index contributed by atoms with van der Waals surface area (Å²) >= 11 is 0. The maximum absolute atomic E-state index is 13.0. The summed E-state index contributed by atoms with van der Waals surface area (Å²) in [7, 11) is 1.61. The molecule has 0 unspecified atom stereocenters. The van der Waals surface area contributed by atoms with Crippen LogP contribution in [-0.2, 0) is 0 Å². The standard InChI is InChI=1S/C29H25N5O4/c1-19-7-9-20(10-8-19)27(35)23-5-3-4-6-24(23)29(36)30-17-18-38-26-16-15-25-31-32-28(34(25)33-26)21-11-13-22(37-2)14-12-21/h3-16H,17-18H2,1-2H3,(H,30,36). The average Bonchev–Trinajstić information content (AvgIpc) is 3.38. The molecule has 2 aromatic heterocycles. The first-order valence-electron chi connectivity index (χ1n) is 12.0. The number of hydrogen-bond donors (Lipinski definition) is 1. The summed E-state index contributed by atoms with van der Waals surface area (Å²) in [6, 6.07) is 24.9. The molecule has 9 heteroatoms. The van der Waals surface area contributed by atoms with E-state index in [1.165, 1.54) is 0 Å². The number of carbonyl (C=O) groups excluding carboxylic acids is 2. The van der Waals surface area contributed by atoms with Crippen LogP contribution >= 0.6 is 0 Å². The summed E-state index contributed by atoms with van der Waals surface area (Å²) in [6.07, 6.45) is 0. The van der Waals surface area contributed by atoms with E-state index in [1.807, 2.05) is 43.3 Å². The maximum Gasteiger partial charge on any atom is 0.252 e. The van der Waals surface area contributed by atoms with E-state index in [2.05, 4.69) is 20.6 Å². The first-order valence-corrected chi connectivity index (χ1v) is 12.0. The molecule has 0 radical (unpaired) electrons. The molecule has 0 aliphatic carbocycles. The van der Waals surface area contributed by atoms with Crippen LogP contribution in [0.3, 0.4) is 0 Å². The molecular weight excluding hydrogens is 482 g/mol. The van der Waals surface area contributed by atoms with Gasteiger partial charge in [-0.3, -0.25) is 9.59 Å². The highest BCUT2D eigenvalue weighted by Crippen LogP contribution is 2.22. The van der Waals surface area contributed by atoms with E-state index in [9.17, 15) is 9.59 Å². The lowest BCUT2D eigenvalue weighted by atomic mass is 9.97. The zero-order chi connectivity index (χ0) is 26.5. The molecule has 1 N–H and O–H groups in total. The van der Waals surface area contributed by atoms with Gasteiger partial charge in [0.2, 0.25) is 5.88 Å². The Bertz CT molecular complexity index is 1590. The van der Waals surface area contributed by atoms with E-state index in [0.29, 0.717) is 34.0 Å². The van der Waals surface area contributed by atoms with Gasteiger partial charge in [-0.1, -0.05) is 48.0 Å². The molecule has 0 aliphatic heterocycles. The summed E-state index contributed by atoms with van der Waals surface area (Å²) in [4.78, 5) is 25.9. The molecular formula is C29H25N5O4. The summed E-state index contributed by atoms with van der Waals surface area (Å²) in [5, 5.41) is 15.7. The molecule has 0 aliphatic rings. The van der Waals surface area contributed by atoms with Crippen LogP contribution in [-0.4, -0.2) is 51.8 Å². The van der Waals surface area contributed by atoms with Crippen LogP contribution in [0.4, 0.5) is 0 Å². The highest BCUT2D eigenvalue weighted by Gasteiger charge is 2.18. The molecule has 1 amide bonds. The molecule has 190 valence electrons. The predicted molar refractivity (Wildman–Crippen MR) is 142 cm³/mol. The number of methoxy groups -OCH3 is 1. The molecule has 2 heterocycles. The maximum atomic E-state index is 13.0. The molecule has 0 saturated heterocycles. The third-order valence-corrected chi connectivity index (χ3v) is 5.95. The first-order chi connectivity index (χ1) is 18.5. The number of fused-ring (bicyclic) bond motifs is 1. The SMILES string of the molecule is COc1ccc(-c2nnc3ccc(OCCNC(=O)c4ccccc4C(=O)c4ccc(C)cc4)nn23)cc1. The van der Waals surface area contributed by atoms with Crippen LogP contribution in [0.15, 0.2) is 84.9 Å². The molecule has 9 nitrogen and oxygen atoms in total. The fourth-order valence-corrected chi connectivity index (χ4v) is 3.92. The van der Waals surface area contributed by atoms with Crippen molar-refractivity contribution in [1.29, 1.82) is 0 Å². The predicted octanol–water partition coefficient (Wildman–Crippen LogP) is 4.15. The molecule has 0 saturated carbocycles. The Morgan fingerprint density at radius 1 is 0.868 bits per heavy atom. The second-order valence-electron chi connectivity index (χ2n) is 8.54. The van der Waals surface area contributed by atoms with Crippen molar-refractivity contribution >= 4 is 17.3 Å². The Kier molecular flexibility index (Phi) is 7.08. The van der Waals surface area contributed by atoms with Gasteiger partial charge in [-0.15, -0.1) is 15.3 Å². The van der Waals surface area contributed by atoms with Gasteiger partial charge in [-0.05, 0) is 43.3 Å². The number of nitrogens with one attached hydrogen (secondary N) is 1. The largest absolute Gasteiger partial charge is 0.497 e. The number of hydrogen-bond acceptors (Lipinski definition) is 7. The number of aryl methyl sites for hydroxylation is 1. The molecule has 38 heavy (non-hydrogen) atoms. The average molecular weight is 508 g/mol. The number of amides is 1. The molecule has 0 spiro atoms. The Morgan fingerprint density at radius 3 is 2.34 bits per heavy atom. The Morgan fingerprint density at radius 2 is 1.61 bits per heavy atom. The van der Waals surface area contributed by atoms with E-state index in [1.54, 1.807) is 60.2 Å². The van der Waals surface area contributed by atoms with Gasteiger partial charge in [-0.25, -0.2) is 0 Å². The molecule has 0 bridgehead atoms. The number of aromatic nitrogens is 4. The Balaban J connectivity index is 1.23. The van der Waals surface area contributed by atoms with Crippen molar-refractivity contribution in [3.8, 4) is 23.0 Å². The quantitative estimate of drug-likeness (QED) is 0.236. The molecule has 3 aromatic carbocycles. The van der Waals surface area contributed by atoms with Gasteiger partial charge in [0, 0.05) is 22.8 Å². The van der Waals surface area contributed by atoms with E-state index in [0.717, 1.165) is 16.9 Å². The number of ketones is 1. The lowest BCUT2D eigenvalue weighted by Gasteiger charge is -2.11. The lowest BCUT2D eigenvalue weighted by Crippen LogP contribution is -2.29. The highest BCUT2D eigenvalue weighted by molar-refractivity contribution is 6.15. The third kappa shape index (κ3) is 5.22. The minimum absolute atomic E-state index is 0.179. The van der Waals surface area contributed by atoms with Gasteiger partial charge in [0.15, 0.2) is 17.3 Å². The minimum Gasteiger partial charge on any atom is -0.497 e. The molecule has 5 aromatic rings. The normalized spacial score (nSPS) is 10.8. The topological polar surface area (TPSA) is 108 Å². The van der Waals surface area contributed by atoms with Crippen molar-refractivity contribution in [1.82, 2.24) is 25.1 Å². The van der Waals surface area contributed by atoms with Gasteiger partial charge in [0.25, 0.3) is 5.91 Å². The smallest absolute Gasteiger partial charge is 0.252 e. The summed E-state index contributed by atoms with van der Waals surface area (Å²) < 4.78 is 12.6. The first kappa shape index (κ1) is 24.6. The van der Waals surface area contributed by atoms with Gasteiger partial charge >= 0.3 is 0 Å². The summed E-state index contributed by atoms with van der Waals surface area (Å²) in [5.41, 5.74) is 3.65. The van der Waals surface area contributed by atoms with Gasteiger partial charge in [0.1, 0.15) is 12.4 Å². The van der Waals surface area contributed by atoms with Crippen molar-refractivity contribution in [3.63, 3.8) is 0 Å². The fraction of sp³-hybridized carbons (Fsp3) is 0.138. The van der Waals surface area contributed by atoms with Gasteiger partial charge in [-0.2, -0.15) is 4.52 Å². The van der Waals surface area contributed by atoms with Crippen molar-refractivity contribution < 1.29 is 19.1 Å². The van der Waals surface area contributed by atoms with Crippen LogP contribution in [0.2, 0.25) is 0 Å². The second-order valence-corrected chi connectivity index (χ2v) is 8.54. The lowest BCUT2D eigenvalue weighted by molar-refractivity contribution is 0.0936. The molecule has 5 rings (SSSR count). The zero-order valence-corrected chi connectivity index (χ0v) is 20.9. The van der Waals surface area contributed by atoms with Crippen LogP contribution in [0, 0.1) is 6.92 Å². The van der Waals surface area contributed by atoms with Crippen molar-refractivity contribution in [2.24, 2.45) is 0 Å². The Labute approximate surface area is 219 Å². The number of rotatable bonds is 9. The fourth-order valence-electron chi connectivity index (χ4n) is 3.92. The monoisotopic (exact) mass is 507 g/mol. The summed E-state index contributed by atoms with van der Waals surface area (Å²) in [6.45, 7) is 2.36. The van der Waals surface area contributed by atoms with E-state index in [4.69, 9.17) is 9.47 Å². The number of ether oxygens (including phenoxy) is 2. The van der Waals surface area contributed by atoms with Crippen LogP contribution in [0.1, 0.15) is 31.8 Å². The van der Waals surface area contributed by atoms with Crippen molar-refractivity contribution in [3.05, 3.63) is 107 Å². The molecule has 0 fully saturated rings. The zero-order valence-electron chi connectivity index (χ0n) is 20.9. The Hall–Kier alpha value is -5.05. The number of nitrogens with zero attached hydrogens (tertiary/aromatic N) is 4. The number of carbonyl (C=O) groups is 2. The van der Waals surface area contributed by atoms with Gasteiger partial charge in [0.05, 0.1) is 19.2 Å². The molecule has 0 atom stereocenters. The van der Waals surface area contributed by atoms with Crippen LogP contribution in [0.25, 0.3) is 17.0 Å².